The summed E-state index contributed by atoms with van der Waals surface area (Å²) < 4.78 is 0. The van der Waals surface area contributed by atoms with Crippen LogP contribution in [0.1, 0.15) is 20.8 Å². The van der Waals surface area contributed by atoms with Crippen LogP contribution in [0.25, 0.3) is 0 Å². The number of ketones is 1. The summed E-state index contributed by atoms with van der Waals surface area (Å²) in [5, 5.41) is 0.435. The number of Topliss-reactive ketones (excluding diaryl/α,β-unsaturated/α-hetero) is 1. The lowest BCUT2D eigenvalue weighted by atomic mass is 10.1. The molecule has 52 valence electrons. The molecule has 0 atom stereocenters. The lowest BCUT2D eigenvalue weighted by Crippen LogP contribution is -2.01. The van der Waals surface area contributed by atoms with Gasteiger partial charge >= 0.3 is 0 Å². The first-order valence-corrected chi connectivity index (χ1v) is 3.95. The number of hydrogen-bond acceptors (Lipinski definition) is 1. The molecule has 0 aromatic heterocycles. The average Bonchev–Trinajstić information content (AvgIpc) is 1.84. The van der Waals surface area contributed by atoms with E-state index in [1.165, 1.54) is 0 Å². The minimum absolute atomic E-state index is 0.176. The van der Waals surface area contributed by atoms with Crippen LogP contribution in [0.2, 0.25) is 0 Å². The molecule has 0 fully saturated rings. The van der Waals surface area contributed by atoms with E-state index in [-0.39, 0.29) is 5.78 Å². The molecule has 0 aromatic carbocycles. The Morgan fingerprint density at radius 3 is 1.89 bits per heavy atom. The highest BCUT2D eigenvalue weighted by Crippen LogP contribution is 2.04. The van der Waals surface area contributed by atoms with E-state index >= 15 is 0 Å². The number of carbonyl (C=O) groups excluding carboxylic acids is 1. The zero-order valence-electron chi connectivity index (χ0n) is 5.99. The molecule has 0 spiro atoms. The summed E-state index contributed by atoms with van der Waals surface area (Å²) in [4.78, 5) is 10.8. The van der Waals surface area contributed by atoms with Crippen molar-refractivity contribution in [3.8, 4) is 0 Å². The second-order valence-electron chi connectivity index (χ2n) is 2.18. The quantitative estimate of drug-likeness (QED) is 0.483. The Morgan fingerprint density at radius 2 is 1.78 bits per heavy atom. The minimum Gasteiger partial charge on any atom is -0.294 e. The largest absolute Gasteiger partial charge is 0.294 e. The van der Waals surface area contributed by atoms with Crippen molar-refractivity contribution in [2.75, 3.05) is 5.33 Å². The smallest absolute Gasteiger partial charge is 0.169 e. The van der Waals surface area contributed by atoms with E-state index in [4.69, 9.17) is 0 Å². The van der Waals surface area contributed by atoms with Crippen molar-refractivity contribution in [2.45, 2.75) is 20.8 Å². The Kier molecular flexibility index (Phi) is 3.78. The van der Waals surface area contributed by atoms with Gasteiger partial charge in [-0.3, -0.25) is 4.79 Å². The van der Waals surface area contributed by atoms with Crippen LogP contribution < -0.4 is 0 Å². The number of rotatable bonds is 2. The Hall–Kier alpha value is -0.110. The monoisotopic (exact) mass is 190 g/mol. The summed E-state index contributed by atoms with van der Waals surface area (Å²) in [7, 11) is 0. The van der Waals surface area contributed by atoms with Gasteiger partial charge in [0, 0.05) is 0 Å². The first-order valence-electron chi connectivity index (χ1n) is 2.82. The standard InChI is InChI=1S/C7H11BrO/c1-5(2)6(3)7(9)4-8/h4H2,1-3H3. The summed E-state index contributed by atoms with van der Waals surface area (Å²) in [6.07, 6.45) is 0. The number of carbonyl (C=O) groups is 1. The highest BCUT2D eigenvalue weighted by Gasteiger charge is 2.01. The molecule has 0 saturated heterocycles. The van der Waals surface area contributed by atoms with Crippen molar-refractivity contribution in [3.05, 3.63) is 11.1 Å². The summed E-state index contributed by atoms with van der Waals surface area (Å²) in [5.74, 6) is 0.176. The summed E-state index contributed by atoms with van der Waals surface area (Å²) >= 11 is 3.10. The third-order valence-electron chi connectivity index (χ3n) is 1.29. The molecule has 0 saturated carbocycles. The molecule has 0 aliphatic heterocycles. The van der Waals surface area contributed by atoms with Crippen LogP contribution in [0.3, 0.4) is 0 Å². The molecule has 0 bridgehead atoms. The molecular formula is C7H11BrO. The van der Waals surface area contributed by atoms with Crippen LogP contribution in [-0.2, 0) is 4.79 Å². The Balaban J connectivity index is 4.21. The van der Waals surface area contributed by atoms with Gasteiger partial charge in [-0.25, -0.2) is 0 Å². The second-order valence-corrected chi connectivity index (χ2v) is 2.74. The average molecular weight is 191 g/mol. The van der Waals surface area contributed by atoms with Gasteiger partial charge in [-0.15, -0.1) is 0 Å². The van der Waals surface area contributed by atoms with Gasteiger partial charge in [-0.05, 0) is 26.3 Å². The molecular weight excluding hydrogens is 180 g/mol. The van der Waals surface area contributed by atoms with Crippen LogP contribution in [0.15, 0.2) is 11.1 Å². The number of allylic oxidation sites excluding steroid dienone is 2. The number of hydrogen-bond donors (Lipinski definition) is 0. The van der Waals surface area contributed by atoms with E-state index in [0.717, 1.165) is 11.1 Å². The van der Waals surface area contributed by atoms with Crippen molar-refractivity contribution in [1.82, 2.24) is 0 Å². The molecule has 0 aliphatic rings. The van der Waals surface area contributed by atoms with Crippen LogP contribution in [0.4, 0.5) is 0 Å². The van der Waals surface area contributed by atoms with Crippen molar-refractivity contribution in [3.63, 3.8) is 0 Å². The van der Waals surface area contributed by atoms with Gasteiger partial charge in [0.1, 0.15) is 0 Å². The molecule has 0 radical (unpaired) electrons. The summed E-state index contributed by atoms with van der Waals surface area (Å²) in [5.41, 5.74) is 1.96. The predicted octanol–water partition coefficient (Wildman–Crippen LogP) is 2.31. The summed E-state index contributed by atoms with van der Waals surface area (Å²) in [6.45, 7) is 5.73. The predicted molar refractivity (Wildman–Crippen MR) is 42.8 cm³/mol. The SMILES string of the molecule is CC(C)=C(C)C(=O)CBr. The van der Waals surface area contributed by atoms with Crippen LogP contribution in [0.5, 0.6) is 0 Å². The van der Waals surface area contributed by atoms with Gasteiger partial charge in [0.25, 0.3) is 0 Å². The molecule has 0 heterocycles. The summed E-state index contributed by atoms with van der Waals surface area (Å²) in [6, 6.07) is 0. The van der Waals surface area contributed by atoms with Gasteiger partial charge in [0.2, 0.25) is 0 Å². The molecule has 9 heavy (non-hydrogen) atoms. The van der Waals surface area contributed by atoms with Crippen molar-refractivity contribution in [1.29, 1.82) is 0 Å². The highest BCUT2D eigenvalue weighted by atomic mass is 79.9. The third-order valence-corrected chi connectivity index (χ3v) is 1.80. The molecule has 0 aliphatic carbocycles. The lowest BCUT2D eigenvalue weighted by Gasteiger charge is -1.96. The van der Waals surface area contributed by atoms with E-state index in [0.29, 0.717) is 5.33 Å². The fraction of sp³-hybridized carbons (Fsp3) is 0.571. The maximum Gasteiger partial charge on any atom is 0.169 e. The van der Waals surface area contributed by atoms with Crippen molar-refractivity contribution in [2.24, 2.45) is 0 Å². The normalized spacial score (nSPS) is 8.89. The molecule has 2 heteroatoms. The van der Waals surface area contributed by atoms with Gasteiger partial charge < -0.3 is 0 Å². The molecule has 0 aromatic rings. The van der Waals surface area contributed by atoms with Crippen LogP contribution in [0, 0.1) is 0 Å². The first kappa shape index (κ1) is 8.89. The van der Waals surface area contributed by atoms with Gasteiger partial charge in [-0.1, -0.05) is 21.5 Å². The maximum absolute atomic E-state index is 10.8. The van der Waals surface area contributed by atoms with E-state index in [1.807, 2.05) is 20.8 Å². The van der Waals surface area contributed by atoms with Gasteiger partial charge in [0.15, 0.2) is 5.78 Å². The van der Waals surface area contributed by atoms with E-state index in [2.05, 4.69) is 15.9 Å². The molecule has 0 rings (SSSR count). The van der Waals surface area contributed by atoms with E-state index in [1.54, 1.807) is 0 Å². The van der Waals surface area contributed by atoms with Gasteiger partial charge in [-0.2, -0.15) is 0 Å². The lowest BCUT2D eigenvalue weighted by molar-refractivity contribution is -0.113. The Morgan fingerprint density at radius 1 is 1.33 bits per heavy atom. The fourth-order valence-corrected chi connectivity index (χ4v) is 0.800. The second kappa shape index (κ2) is 3.83. The number of alkyl halides is 1. The molecule has 1 nitrogen and oxygen atoms in total. The maximum atomic E-state index is 10.8. The van der Waals surface area contributed by atoms with Crippen molar-refractivity contribution >= 4 is 21.7 Å². The fourth-order valence-electron chi connectivity index (χ4n) is 0.379. The topological polar surface area (TPSA) is 17.1 Å². The molecule has 0 amide bonds. The third kappa shape index (κ3) is 2.80. The van der Waals surface area contributed by atoms with Gasteiger partial charge in [0.05, 0.1) is 5.33 Å². The Bertz CT molecular complexity index is 143. The zero-order chi connectivity index (χ0) is 7.44. The van der Waals surface area contributed by atoms with Crippen molar-refractivity contribution < 1.29 is 4.79 Å². The molecule has 0 unspecified atom stereocenters. The number of halogens is 1. The Labute approximate surface area is 64.3 Å². The first-order chi connectivity index (χ1) is 4.09. The van der Waals surface area contributed by atoms with E-state index < -0.39 is 0 Å². The van der Waals surface area contributed by atoms with Crippen LogP contribution in [-0.4, -0.2) is 11.1 Å². The minimum atomic E-state index is 0.176. The highest BCUT2D eigenvalue weighted by molar-refractivity contribution is 9.09. The van der Waals surface area contributed by atoms with E-state index in [9.17, 15) is 4.79 Å². The molecule has 0 N–H and O–H groups in total. The zero-order valence-corrected chi connectivity index (χ0v) is 7.58. The van der Waals surface area contributed by atoms with Crippen LogP contribution >= 0.6 is 15.9 Å².